The van der Waals surface area contributed by atoms with Crippen LogP contribution in [0.3, 0.4) is 0 Å². The Morgan fingerprint density at radius 2 is 1.43 bits per heavy atom. The van der Waals surface area contributed by atoms with Gasteiger partial charge in [0.1, 0.15) is 5.82 Å². The van der Waals surface area contributed by atoms with E-state index in [0.717, 1.165) is 43.0 Å². The van der Waals surface area contributed by atoms with Gasteiger partial charge in [-0.25, -0.2) is 4.68 Å². The summed E-state index contributed by atoms with van der Waals surface area (Å²) in [4.78, 5) is 0. The van der Waals surface area contributed by atoms with Crippen molar-refractivity contribution in [1.29, 1.82) is 0 Å². The number of hydrogen-bond acceptors (Lipinski definition) is 3. The van der Waals surface area contributed by atoms with Gasteiger partial charge in [0.25, 0.3) is 0 Å². The van der Waals surface area contributed by atoms with Gasteiger partial charge >= 0.3 is 0 Å². The molecule has 0 spiro atoms. The standard InChI is InChI=1S/C21H30N4.C8H10.C2H4/c1-16-10-6-7-11-20(16)17(2)14-21(23-13-9-8-12-22-5)25-19(4)18(3)15-24-25;1-7-3-5-8(2)6-4-7;1-2/h6-7,10-11,14-15,22-23H,2,8-9,12-13H2,1,3-5H3;3-6H,1-2H3;1-2H2/b21-14-;;. The van der Waals surface area contributed by atoms with E-state index < -0.39 is 0 Å². The molecule has 2 N–H and O–H groups in total. The highest BCUT2D eigenvalue weighted by molar-refractivity contribution is 5.79. The van der Waals surface area contributed by atoms with Crippen LogP contribution in [-0.4, -0.2) is 29.9 Å². The largest absolute Gasteiger partial charge is 0.370 e. The van der Waals surface area contributed by atoms with E-state index in [9.17, 15) is 0 Å². The van der Waals surface area contributed by atoms with Crippen molar-refractivity contribution in [3.63, 3.8) is 0 Å². The molecule has 0 amide bonds. The first kappa shape index (κ1) is 29.7. The van der Waals surface area contributed by atoms with Crippen molar-refractivity contribution in [2.45, 2.75) is 47.5 Å². The van der Waals surface area contributed by atoms with Gasteiger partial charge in [-0.1, -0.05) is 66.2 Å². The summed E-state index contributed by atoms with van der Waals surface area (Å²) < 4.78 is 1.97. The lowest BCUT2D eigenvalue weighted by atomic mass is 10.0. The Balaban J connectivity index is 0.000000512. The van der Waals surface area contributed by atoms with E-state index in [-0.39, 0.29) is 0 Å². The highest BCUT2D eigenvalue weighted by Crippen LogP contribution is 2.21. The predicted molar refractivity (Wildman–Crippen MR) is 155 cm³/mol. The number of hydrogen-bond donors (Lipinski definition) is 2. The molecule has 0 saturated heterocycles. The summed E-state index contributed by atoms with van der Waals surface area (Å²) in [7, 11) is 1.99. The van der Waals surface area contributed by atoms with Crippen molar-refractivity contribution in [3.8, 4) is 0 Å². The maximum absolute atomic E-state index is 4.53. The number of unbranched alkanes of at least 4 members (excludes halogenated alkanes) is 1. The zero-order chi connectivity index (χ0) is 26.2. The van der Waals surface area contributed by atoms with Crippen LogP contribution in [0.1, 0.15) is 46.4 Å². The van der Waals surface area contributed by atoms with Gasteiger partial charge in [-0.15, -0.1) is 13.2 Å². The molecule has 0 aliphatic rings. The van der Waals surface area contributed by atoms with E-state index in [0.29, 0.717) is 0 Å². The number of nitrogens with one attached hydrogen (secondary N) is 2. The molecule has 4 heteroatoms. The minimum Gasteiger partial charge on any atom is -0.370 e. The molecular formula is C31H44N4. The van der Waals surface area contributed by atoms with E-state index in [1.807, 2.05) is 17.9 Å². The molecule has 0 aliphatic carbocycles. The summed E-state index contributed by atoms with van der Waals surface area (Å²) in [5.41, 5.74) is 8.37. The van der Waals surface area contributed by atoms with Crippen LogP contribution in [0.25, 0.3) is 11.4 Å². The Morgan fingerprint density at radius 1 is 0.857 bits per heavy atom. The van der Waals surface area contributed by atoms with Gasteiger partial charge in [-0.3, -0.25) is 0 Å². The Hall–Kier alpha value is -3.37. The van der Waals surface area contributed by atoms with E-state index in [1.54, 1.807) is 0 Å². The molecule has 0 radical (unpaired) electrons. The van der Waals surface area contributed by atoms with E-state index in [1.165, 1.54) is 27.8 Å². The molecule has 1 heterocycles. The summed E-state index contributed by atoms with van der Waals surface area (Å²) >= 11 is 0. The van der Waals surface area contributed by atoms with Crippen molar-refractivity contribution in [2.75, 3.05) is 20.1 Å². The fourth-order valence-electron chi connectivity index (χ4n) is 3.38. The van der Waals surface area contributed by atoms with Crippen LogP contribution in [0.2, 0.25) is 0 Å². The topological polar surface area (TPSA) is 41.9 Å². The van der Waals surface area contributed by atoms with Crippen LogP contribution >= 0.6 is 0 Å². The molecule has 2 aromatic carbocycles. The Morgan fingerprint density at radius 3 is 1.94 bits per heavy atom. The average Bonchev–Trinajstić information content (AvgIpc) is 3.20. The first-order chi connectivity index (χ1) is 16.8. The lowest BCUT2D eigenvalue weighted by Crippen LogP contribution is -2.21. The first-order valence-electron chi connectivity index (χ1n) is 12.2. The molecule has 3 rings (SSSR count). The minimum atomic E-state index is 0.910. The lowest BCUT2D eigenvalue weighted by molar-refractivity contribution is 0.645. The molecule has 1 aromatic heterocycles. The number of allylic oxidation sites excluding steroid dienone is 2. The number of aryl methyl sites for hydroxylation is 4. The number of benzene rings is 2. The van der Waals surface area contributed by atoms with Gasteiger partial charge in [0.15, 0.2) is 0 Å². The SMILES string of the molecule is C=C.C=C(/C=C(/NCCCCNC)n1ncc(C)c1C)c1ccccc1C.Cc1ccc(C)cc1. The third-order valence-corrected chi connectivity index (χ3v) is 5.66. The second kappa shape index (κ2) is 16.3. The summed E-state index contributed by atoms with van der Waals surface area (Å²) in [5.74, 6) is 0.975. The molecule has 35 heavy (non-hydrogen) atoms. The van der Waals surface area contributed by atoms with Gasteiger partial charge < -0.3 is 10.6 Å². The molecule has 0 atom stereocenters. The Kier molecular flexibility index (Phi) is 13.8. The van der Waals surface area contributed by atoms with Crippen LogP contribution in [0, 0.1) is 34.6 Å². The summed E-state index contributed by atoms with van der Waals surface area (Å²) in [6.45, 7) is 22.7. The van der Waals surface area contributed by atoms with Crippen LogP contribution in [0.5, 0.6) is 0 Å². The maximum Gasteiger partial charge on any atom is 0.128 e. The van der Waals surface area contributed by atoms with Crippen LogP contribution in [0.15, 0.2) is 80.5 Å². The average molecular weight is 473 g/mol. The maximum atomic E-state index is 4.53. The van der Waals surface area contributed by atoms with E-state index >= 15 is 0 Å². The summed E-state index contributed by atoms with van der Waals surface area (Å²) in [6.07, 6.45) is 6.25. The number of aromatic nitrogens is 2. The zero-order valence-corrected chi connectivity index (χ0v) is 22.6. The third-order valence-electron chi connectivity index (χ3n) is 5.66. The fourth-order valence-corrected chi connectivity index (χ4v) is 3.38. The molecule has 0 unspecified atom stereocenters. The lowest BCUT2D eigenvalue weighted by Gasteiger charge is -2.15. The van der Waals surface area contributed by atoms with Crippen LogP contribution in [0.4, 0.5) is 0 Å². The van der Waals surface area contributed by atoms with Gasteiger partial charge in [0, 0.05) is 12.2 Å². The Bertz CT molecular complexity index is 1040. The van der Waals surface area contributed by atoms with Gasteiger partial charge in [0.05, 0.1) is 6.20 Å². The highest BCUT2D eigenvalue weighted by atomic mass is 15.3. The van der Waals surface area contributed by atoms with Crippen molar-refractivity contribution in [2.24, 2.45) is 0 Å². The van der Waals surface area contributed by atoms with Gasteiger partial charge in [0.2, 0.25) is 0 Å². The predicted octanol–water partition coefficient (Wildman–Crippen LogP) is 7.02. The first-order valence-corrected chi connectivity index (χ1v) is 12.2. The van der Waals surface area contributed by atoms with Gasteiger partial charge in [-0.05, 0) is 89.4 Å². The fraction of sp³-hybridized carbons (Fsp3) is 0.323. The number of rotatable bonds is 9. The quantitative estimate of drug-likeness (QED) is 0.200. The normalized spacial score (nSPS) is 10.5. The second-order valence-corrected chi connectivity index (χ2v) is 8.59. The monoisotopic (exact) mass is 472 g/mol. The van der Waals surface area contributed by atoms with Crippen LogP contribution < -0.4 is 10.6 Å². The molecule has 188 valence electrons. The second-order valence-electron chi connectivity index (χ2n) is 8.59. The van der Waals surface area contributed by atoms with E-state index in [4.69, 9.17) is 0 Å². The van der Waals surface area contributed by atoms with Crippen molar-refractivity contribution in [3.05, 3.63) is 114 Å². The number of nitrogens with zero attached hydrogens (tertiary/aromatic N) is 2. The van der Waals surface area contributed by atoms with Crippen molar-refractivity contribution >= 4 is 11.4 Å². The van der Waals surface area contributed by atoms with Crippen molar-refractivity contribution < 1.29 is 0 Å². The third kappa shape index (κ3) is 10.2. The van der Waals surface area contributed by atoms with E-state index in [2.05, 4.69) is 125 Å². The van der Waals surface area contributed by atoms with Crippen molar-refractivity contribution in [1.82, 2.24) is 20.4 Å². The molecular weight excluding hydrogens is 428 g/mol. The van der Waals surface area contributed by atoms with Crippen LogP contribution in [-0.2, 0) is 0 Å². The molecule has 0 fully saturated rings. The highest BCUT2D eigenvalue weighted by Gasteiger charge is 2.09. The minimum absolute atomic E-state index is 0.910. The molecule has 0 bridgehead atoms. The summed E-state index contributed by atoms with van der Waals surface area (Å²) in [6, 6.07) is 16.8. The summed E-state index contributed by atoms with van der Waals surface area (Å²) in [5, 5.41) is 11.3. The van der Waals surface area contributed by atoms with Gasteiger partial charge in [-0.2, -0.15) is 5.10 Å². The molecule has 4 nitrogen and oxygen atoms in total. The molecule has 0 saturated carbocycles. The molecule has 0 aliphatic heterocycles. The smallest absolute Gasteiger partial charge is 0.128 e. The Labute approximate surface area is 213 Å². The zero-order valence-electron chi connectivity index (χ0n) is 22.6. The molecule has 3 aromatic rings.